The zero-order valence-electron chi connectivity index (χ0n) is 20.0. The van der Waals surface area contributed by atoms with Crippen molar-refractivity contribution in [2.45, 2.75) is 77.8 Å². The van der Waals surface area contributed by atoms with E-state index in [2.05, 4.69) is 136 Å². The molecule has 0 aliphatic rings. The lowest BCUT2D eigenvalue weighted by Crippen LogP contribution is -2.43. The molecule has 2 aromatic carbocycles. The summed E-state index contributed by atoms with van der Waals surface area (Å²) in [4.78, 5) is 0. The highest BCUT2D eigenvalue weighted by molar-refractivity contribution is 9.11. The van der Waals surface area contributed by atoms with Gasteiger partial charge < -0.3 is 8.85 Å². The van der Waals surface area contributed by atoms with Crippen molar-refractivity contribution in [3.63, 3.8) is 0 Å². The van der Waals surface area contributed by atoms with Gasteiger partial charge in [0.2, 0.25) is 16.6 Å². The average Bonchev–Trinajstić information content (AvgIpc) is 2.53. The Bertz CT molecular complexity index is 835. The molecule has 0 aliphatic heterocycles. The second kappa shape index (κ2) is 8.76. The first-order chi connectivity index (χ1) is 13.4. The Labute approximate surface area is 202 Å². The van der Waals surface area contributed by atoms with Crippen molar-refractivity contribution in [3.8, 4) is 22.6 Å². The Morgan fingerprint density at radius 1 is 0.600 bits per heavy atom. The van der Waals surface area contributed by atoms with Crippen molar-refractivity contribution in [2.75, 3.05) is 0 Å². The Hall–Kier alpha value is -0.566. The van der Waals surface area contributed by atoms with Gasteiger partial charge in [-0.3, -0.25) is 0 Å². The van der Waals surface area contributed by atoms with Gasteiger partial charge in [-0.1, -0.05) is 73.4 Å². The molecule has 0 fully saturated rings. The molecule has 0 radical (unpaired) electrons. The van der Waals surface area contributed by atoms with Crippen molar-refractivity contribution in [3.05, 3.63) is 45.3 Å². The highest BCUT2D eigenvalue weighted by atomic mass is 79.9. The van der Waals surface area contributed by atoms with Crippen LogP contribution < -0.4 is 8.85 Å². The van der Waals surface area contributed by atoms with Gasteiger partial charge in [0.15, 0.2) is 0 Å². The highest BCUT2D eigenvalue weighted by Crippen LogP contribution is 2.42. The van der Waals surface area contributed by atoms with E-state index in [0.717, 1.165) is 31.6 Å². The van der Waals surface area contributed by atoms with E-state index in [9.17, 15) is 0 Å². The molecule has 0 bridgehead atoms. The molecule has 0 saturated heterocycles. The Morgan fingerprint density at radius 2 is 0.900 bits per heavy atom. The second-order valence-corrected chi connectivity index (χ2v) is 22.2. The van der Waals surface area contributed by atoms with Crippen LogP contribution in [0.5, 0.6) is 11.5 Å². The van der Waals surface area contributed by atoms with Gasteiger partial charge in [-0.25, -0.2) is 0 Å². The molecule has 0 unspecified atom stereocenters. The zero-order chi connectivity index (χ0) is 23.1. The van der Waals surface area contributed by atoms with E-state index >= 15 is 0 Å². The summed E-state index contributed by atoms with van der Waals surface area (Å²) in [6.07, 6.45) is 0. The third kappa shape index (κ3) is 5.81. The molecule has 0 amide bonds. The van der Waals surface area contributed by atoms with E-state index in [0.29, 0.717) is 0 Å². The summed E-state index contributed by atoms with van der Waals surface area (Å²) in [6.45, 7) is 22.6. The van der Waals surface area contributed by atoms with Crippen molar-refractivity contribution < 1.29 is 8.85 Å². The van der Waals surface area contributed by atoms with Crippen LogP contribution in [0.2, 0.25) is 36.3 Å². The van der Waals surface area contributed by atoms with Gasteiger partial charge in [0.25, 0.3) is 0 Å². The number of hydrogen-bond donors (Lipinski definition) is 0. The van der Waals surface area contributed by atoms with Gasteiger partial charge >= 0.3 is 0 Å². The van der Waals surface area contributed by atoms with Crippen molar-refractivity contribution >= 4 is 48.5 Å². The van der Waals surface area contributed by atoms with Crippen molar-refractivity contribution in [2.24, 2.45) is 0 Å². The van der Waals surface area contributed by atoms with Gasteiger partial charge in [-0.15, -0.1) is 0 Å². The van der Waals surface area contributed by atoms with E-state index in [1.54, 1.807) is 0 Å². The predicted octanol–water partition coefficient (Wildman–Crippen LogP) is 9.65. The molecule has 0 heterocycles. The maximum absolute atomic E-state index is 6.46. The first-order valence-electron chi connectivity index (χ1n) is 10.4. The molecule has 6 heteroatoms. The molecule has 0 aliphatic carbocycles. The molecule has 2 nitrogen and oxygen atoms in total. The molecule has 0 spiro atoms. The van der Waals surface area contributed by atoms with Crippen molar-refractivity contribution in [1.82, 2.24) is 0 Å². The van der Waals surface area contributed by atoms with Crippen LogP contribution in [-0.2, 0) is 0 Å². The number of benzene rings is 2. The van der Waals surface area contributed by atoms with E-state index < -0.39 is 16.6 Å². The molecule has 2 rings (SSSR count). The van der Waals surface area contributed by atoms with Crippen LogP contribution in [-0.4, -0.2) is 16.6 Å². The normalized spacial score (nSPS) is 13.3. The molecular formula is C24H36Br2O2Si2. The fraction of sp³-hybridized carbons (Fsp3) is 0.500. The van der Waals surface area contributed by atoms with Crippen molar-refractivity contribution in [1.29, 1.82) is 0 Å². The third-order valence-corrected chi connectivity index (χ3v) is 16.6. The average molecular weight is 573 g/mol. The monoisotopic (exact) mass is 570 g/mol. The van der Waals surface area contributed by atoms with Crippen LogP contribution in [0, 0.1) is 0 Å². The summed E-state index contributed by atoms with van der Waals surface area (Å²) < 4.78 is 15.0. The largest absolute Gasteiger partial charge is 0.543 e. The maximum Gasteiger partial charge on any atom is 0.250 e. The lowest BCUT2D eigenvalue weighted by molar-refractivity contribution is 0.491. The number of rotatable bonds is 5. The first kappa shape index (κ1) is 25.7. The van der Waals surface area contributed by atoms with Crippen LogP contribution in [0.4, 0.5) is 0 Å². The van der Waals surface area contributed by atoms with Crippen LogP contribution in [0.25, 0.3) is 11.1 Å². The van der Waals surface area contributed by atoms with E-state index in [4.69, 9.17) is 8.85 Å². The smallest absolute Gasteiger partial charge is 0.250 e. The summed E-state index contributed by atoms with van der Waals surface area (Å²) in [7, 11) is -3.73. The van der Waals surface area contributed by atoms with E-state index in [1.807, 2.05) is 0 Å². The van der Waals surface area contributed by atoms with Crippen LogP contribution >= 0.6 is 31.9 Å². The summed E-state index contributed by atoms with van der Waals surface area (Å²) in [5.41, 5.74) is 2.26. The molecule has 0 atom stereocenters. The Balaban J connectivity index is 2.30. The lowest BCUT2D eigenvalue weighted by Gasteiger charge is -2.36. The zero-order valence-corrected chi connectivity index (χ0v) is 25.2. The molecule has 0 aromatic heterocycles. The maximum atomic E-state index is 6.46. The summed E-state index contributed by atoms with van der Waals surface area (Å²) in [6, 6.07) is 12.6. The summed E-state index contributed by atoms with van der Waals surface area (Å²) in [5, 5.41) is 0.336. The molecular weight excluding hydrogens is 536 g/mol. The predicted molar refractivity (Wildman–Crippen MR) is 143 cm³/mol. The fourth-order valence-electron chi connectivity index (χ4n) is 2.45. The number of halogens is 2. The minimum atomic E-state index is -1.86. The Morgan fingerprint density at radius 3 is 1.13 bits per heavy atom. The topological polar surface area (TPSA) is 18.5 Å². The summed E-state index contributed by atoms with van der Waals surface area (Å²) in [5.74, 6) is 1.84. The molecule has 0 N–H and O–H groups in total. The van der Waals surface area contributed by atoms with Gasteiger partial charge in [0.05, 0.1) is 0 Å². The van der Waals surface area contributed by atoms with Crippen LogP contribution in [0.1, 0.15) is 41.5 Å². The molecule has 166 valence electrons. The molecule has 30 heavy (non-hydrogen) atoms. The van der Waals surface area contributed by atoms with Crippen LogP contribution in [0.3, 0.4) is 0 Å². The minimum absolute atomic E-state index is 0.168. The van der Waals surface area contributed by atoms with Gasteiger partial charge in [-0.05, 0) is 83.8 Å². The minimum Gasteiger partial charge on any atom is -0.543 e. The quantitative estimate of drug-likeness (QED) is 0.332. The first-order valence-corrected chi connectivity index (χ1v) is 17.8. The standard InChI is InChI=1S/C24H36Br2O2Si2/c1-23(2,3)29(7,8)27-17-11-13-19(21(25)15-17)20-14-12-18(16-22(20)26)28-30(9,10)24(4,5)6/h11-16H,1-10H3. The lowest BCUT2D eigenvalue weighted by atomic mass is 10.1. The highest BCUT2D eigenvalue weighted by Gasteiger charge is 2.40. The fourth-order valence-corrected chi connectivity index (χ4v) is 5.64. The molecule has 0 saturated carbocycles. The van der Waals surface area contributed by atoms with Gasteiger partial charge in [-0.2, -0.15) is 0 Å². The van der Waals surface area contributed by atoms with Gasteiger partial charge in [0.1, 0.15) is 11.5 Å². The van der Waals surface area contributed by atoms with E-state index in [1.165, 1.54) is 0 Å². The third-order valence-electron chi connectivity index (χ3n) is 6.53. The molecule has 2 aromatic rings. The van der Waals surface area contributed by atoms with E-state index in [-0.39, 0.29) is 10.1 Å². The Kier molecular flexibility index (Phi) is 7.50. The second-order valence-electron chi connectivity index (χ2n) is 11.0. The SMILES string of the molecule is CC(C)(C)[Si](C)(C)Oc1ccc(-c2ccc(O[Si](C)(C)C(C)(C)C)cc2Br)c(Br)c1. The summed E-state index contributed by atoms with van der Waals surface area (Å²) >= 11 is 7.52. The van der Waals surface area contributed by atoms with Gasteiger partial charge in [0, 0.05) is 8.95 Å². The van der Waals surface area contributed by atoms with Crippen LogP contribution in [0.15, 0.2) is 45.3 Å². The number of hydrogen-bond acceptors (Lipinski definition) is 2.